The summed E-state index contributed by atoms with van der Waals surface area (Å²) < 4.78 is 5.57. The van der Waals surface area contributed by atoms with E-state index in [2.05, 4.69) is 32.6 Å². The maximum atomic E-state index is 12.4. The van der Waals surface area contributed by atoms with Crippen LogP contribution in [0.3, 0.4) is 0 Å². The Bertz CT molecular complexity index is 334. The van der Waals surface area contributed by atoms with Gasteiger partial charge in [0.1, 0.15) is 5.60 Å². The fourth-order valence-corrected chi connectivity index (χ4v) is 2.83. The van der Waals surface area contributed by atoms with Crippen molar-refractivity contribution < 1.29 is 9.53 Å². The molecule has 4 heteroatoms. The normalized spacial score (nSPS) is 18.6. The quantitative estimate of drug-likeness (QED) is 0.792. The molecule has 1 heterocycles. The molecule has 0 N–H and O–H groups in total. The SMILES string of the molecule is CCCN(C(=O)OC(C)(C)C)C1CCN(C(C)(C)C)CC1. The van der Waals surface area contributed by atoms with E-state index in [1.165, 1.54) is 0 Å². The third kappa shape index (κ3) is 5.85. The zero-order valence-electron chi connectivity index (χ0n) is 15.0. The molecule has 124 valence electrons. The molecule has 4 nitrogen and oxygen atoms in total. The third-order valence-electron chi connectivity index (χ3n) is 3.95. The fraction of sp³-hybridized carbons (Fsp3) is 0.941. The van der Waals surface area contributed by atoms with Gasteiger partial charge in [-0.1, -0.05) is 6.92 Å². The second-order valence-corrected chi connectivity index (χ2v) is 8.06. The summed E-state index contributed by atoms with van der Waals surface area (Å²) in [5, 5.41) is 0. The third-order valence-corrected chi connectivity index (χ3v) is 3.95. The molecule has 1 aliphatic heterocycles. The predicted molar refractivity (Wildman–Crippen MR) is 87.6 cm³/mol. The lowest BCUT2D eigenvalue weighted by Crippen LogP contribution is -2.53. The topological polar surface area (TPSA) is 32.8 Å². The van der Waals surface area contributed by atoms with Gasteiger partial charge in [0.15, 0.2) is 0 Å². The van der Waals surface area contributed by atoms with Gasteiger partial charge in [0.2, 0.25) is 0 Å². The summed E-state index contributed by atoms with van der Waals surface area (Å²) in [6.45, 7) is 17.6. The van der Waals surface area contributed by atoms with Crippen LogP contribution in [0.2, 0.25) is 0 Å². The van der Waals surface area contributed by atoms with Crippen LogP contribution in [0.5, 0.6) is 0 Å². The monoisotopic (exact) mass is 298 g/mol. The van der Waals surface area contributed by atoms with E-state index in [1.807, 2.05) is 25.7 Å². The molecule has 0 spiro atoms. The van der Waals surface area contributed by atoms with Gasteiger partial charge in [-0.05, 0) is 60.8 Å². The van der Waals surface area contributed by atoms with Crippen LogP contribution in [-0.2, 0) is 4.74 Å². The Labute approximate surface area is 130 Å². The summed E-state index contributed by atoms with van der Waals surface area (Å²) in [4.78, 5) is 16.9. The van der Waals surface area contributed by atoms with Gasteiger partial charge in [-0.15, -0.1) is 0 Å². The predicted octanol–water partition coefficient (Wildman–Crippen LogP) is 3.90. The lowest BCUT2D eigenvalue weighted by atomic mass is 9.97. The lowest BCUT2D eigenvalue weighted by Gasteiger charge is -2.43. The molecule has 1 amide bonds. The molecule has 0 aromatic rings. The average Bonchev–Trinajstić information content (AvgIpc) is 2.33. The van der Waals surface area contributed by atoms with Crippen molar-refractivity contribution in [2.24, 2.45) is 0 Å². The summed E-state index contributed by atoms with van der Waals surface area (Å²) in [6.07, 6.45) is 2.89. The van der Waals surface area contributed by atoms with Crippen molar-refractivity contribution in [2.45, 2.75) is 84.9 Å². The summed E-state index contributed by atoms with van der Waals surface area (Å²) in [5.41, 5.74) is -0.207. The van der Waals surface area contributed by atoms with Gasteiger partial charge in [-0.25, -0.2) is 4.79 Å². The molecular weight excluding hydrogens is 264 g/mol. The van der Waals surface area contributed by atoms with Crippen LogP contribution < -0.4 is 0 Å². The molecule has 0 aromatic carbocycles. The van der Waals surface area contributed by atoms with Crippen LogP contribution in [0.25, 0.3) is 0 Å². The van der Waals surface area contributed by atoms with E-state index in [0.29, 0.717) is 6.04 Å². The fourth-order valence-electron chi connectivity index (χ4n) is 2.83. The average molecular weight is 298 g/mol. The summed E-state index contributed by atoms with van der Waals surface area (Å²) >= 11 is 0. The van der Waals surface area contributed by atoms with Crippen molar-refractivity contribution in [1.29, 1.82) is 0 Å². The highest BCUT2D eigenvalue weighted by Gasteiger charge is 2.33. The van der Waals surface area contributed by atoms with E-state index < -0.39 is 5.60 Å². The molecule has 0 radical (unpaired) electrons. The minimum Gasteiger partial charge on any atom is -0.444 e. The molecule has 1 rings (SSSR count). The van der Waals surface area contributed by atoms with E-state index >= 15 is 0 Å². The van der Waals surface area contributed by atoms with Gasteiger partial charge >= 0.3 is 6.09 Å². The van der Waals surface area contributed by atoms with Crippen molar-refractivity contribution in [1.82, 2.24) is 9.80 Å². The van der Waals surface area contributed by atoms with Gasteiger partial charge in [-0.2, -0.15) is 0 Å². The summed E-state index contributed by atoms with van der Waals surface area (Å²) in [5.74, 6) is 0. The molecule has 0 bridgehead atoms. The Hall–Kier alpha value is -0.770. The van der Waals surface area contributed by atoms with Crippen LogP contribution in [0, 0.1) is 0 Å². The molecule has 1 aliphatic rings. The first-order valence-electron chi connectivity index (χ1n) is 8.29. The molecule has 21 heavy (non-hydrogen) atoms. The van der Waals surface area contributed by atoms with Crippen LogP contribution in [0.1, 0.15) is 67.7 Å². The smallest absolute Gasteiger partial charge is 0.410 e. The maximum Gasteiger partial charge on any atom is 0.410 e. The van der Waals surface area contributed by atoms with Gasteiger partial charge in [0.05, 0.1) is 0 Å². The molecular formula is C17H34N2O2. The van der Waals surface area contributed by atoms with E-state index in [4.69, 9.17) is 4.74 Å². The molecule has 0 aliphatic carbocycles. The van der Waals surface area contributed by atoms with E-state index in [9.17, 15) is 4.79 Å². The molecule has 0 unspecified atom stereocenters. The Balaban J connectivity index is 2.65. The zero-order valence-corrected chi connectivity index (χ0v) is 15.0. The first-order valence-corrected chi connectivity index (χ1v) is 8.29. The van der Waals surface area contributed by atoms with Crippen molar-refractivity contribution in [3.63, 3.8) is 0 Å². The Kier molecular flexibility index (Phi) is 6.09. The second kappa shape index (κ2) is 6.99. The highest BCUT2D eigenvalue weighted by molar-refractivity contribution is 5.68. The number of likely N-dealkylation sites (tertiary alicyclic amines) is 1. The highest BCUT2D eigenvalue weighted by atomic mass is 16.6. The van der Waals surface area contributed by atoms with Crippen LogP contribution in [-0.4, -0.2) is 52.7 Å². The number of piperidine rings is 1. The zero-order chi connectivity index (χ0) is 16.3. The van der Waals surface area contributed by atoms with Gasteiger partial charge in [0.25, 0.3) is 0 Å². The number of ether oxygens (including phenoxy) is 1. The standard InChI is InChI=1S/C17H34N2O2/c1-8-11-19(15(20)21-17(5,6)7)14-9-12-18(13-10-14)16(2,3)4/h14H,8-13H2,1-7H3. The Morgan fingerprint density at radius 3 is 2.05 bits per heavy atom. The van der Waals surface area contributed by atoms with Crippen molar-refractivity contribution >= 4 is 6.09 Å². The van der Waals surface area contributed by atoms with Crippen molar-refractivity contribution in [2.75, 3.05) is 19.6 Å². The van der Waals surface area contributed by atoms with Gasteiger partial charge < -0.3 is 9.64 Å². The van der Waals surface area contributed by atoms with Crippen LogP contribution in [0.4, 0.5) is 4.79 Å². The number of hydrogen-bond acceptors (Lipinski definition) is 3. The number of carbonyl (C=O) groups is 1. The Morgan fingerprint density at radius 1 is 1.14 bits per heavy atom. The number of amides is 1. The molecule has 0 aromatic heterocycles. The number of nitrogens with zero attached hydrogens (tertiary/aromatic N) is 2. The summed E-state index contributed by atoms with van der Waals surface area (Å²) in [7, 11) is 0. The second-order valence-electron chi connectivity index (χ2n) is 8.06. The first kappa shape index (κ1) is 18.3. The molecule has 1 saturated heterocycles. The number of carbonyl (C=O) groups excluding carboxylic acids is 1. The molecule has 0 saturated carbocycles. The summed E-state index contributed by atoms with van der Waals surface area (Å²) in [6, 6.07) is 0.318. The van der Waals surface area contributed by atoms with Crippen LogP contribution >= 0.6 is 0 Å². The van der Waals surface area contributed by atoms with Crippen molar-refractivity contribution in [3.8, 4) is 0 Å². The van der Waals surface area contributed by atoms with Crippen LogP contribution in [0.15, 0.2) is 0 Å². The van der Waals surface area contributed by atoms with E-state index in [1.54, 1.807) is 0 Å². The van der Waals surface area contributed by atoms with Crippen molar-refractivity contribution in [3.05, 3.63) is 0 Å². The minimum atomic E-state index is -0.421. The first-order chi connectivity index (χ1) is 9.54. The van der Waals surface area contributed by atoms with E-state index in [0.717, 1.165) is 38.9 Å². The largest absolute Gasteiger partial charge is 0.444 e. The number of hydrogen-bond donors (Lipinski definition) is 0. The molecule has 0 atom stereocenters. The minimum absolute atomic E-state index is 0.154. The number of rotatable bonds is 3. The van der Waals surface area contributed by atoms with Gasteiger partial charge in [0, 0.05) is 31.2 Å². The highest BCUT2D eigenvalue weighted by Crippen LogP contribution is 2.24. The Morgan fingerprint density at radius 2 is 1.67 bits per heavy atom. The maximum absolute atomic E-state index is 12.4. The van der Waals surface area contributed by atoms with Gasteiger partial charge in [-0.3, -0.25) is 4.90 Å². The molecule has 1 fully saturated rings. The lowest BCUT2D eigenvalue weighted by molar-refractivity contribution is 0.00224. The van der Waals surface area contributed by atoms with E-state index in [-0.39, 0.29) is 11.6 Å².